The fraction of sp³-hybridized carbons (Fsp3) is 0.500. The predicted octanol–water partition coefficient (Wildman–Crippen LogP) is 7.19. The Hall–Kier alpha value is -1.60. The molecule has 0 amide bonds. The van der Waals surface area contributed by atoms with Gasteiger partial charge in [-0.25, -0.2) is 0 Å². The third-order valence-electron chi connectivity index (χ3n) is 4.60. The molecule has 0 N–H and O–H groups in total. The highest BCUT2D eigenvalue weighted by molar-refractivity contribution is 5.25. The summed E-state index contributed by atoms with van der Waals surface area (Å²) in [5.41, 5.74) is 5.17. The van der Waals surface area contributed by atoms with Crippen LogP contribution in [0.2, 0.25) is 0 Å². The van der Waals surface area contributed by atoms with Crippen LogP contribution in [-0.4, -0.2) is 0 Å². The van der Waals surface area contributed by atoms with E-state index in [1.54, 1.807) is 0 Å². The van der Waals surface area contributed by atoms with Gasteiger partial charge in [0.25, 0.3) is 0 Å². The monoisotopic (exact) mass is 338 g/mol. The zero-order valence-electron chi connectivity index (χ0n) is 16.8. The molecule has 1 nitrogen and oxygen atoms in total. The molecule has 0 radical (unpaired) electrons. The Balaban J connectivity index is 2.26. The molecule has 2 atom stereocenters. The lowest BCUT2D eigenvalue weighted by Gasteiger charge is -2.28. The predicted molar refractivity (Wildman–Crippen MR) is 108 cm³/mol. The Morgan fingerprint density at radius 3 is 1.20 bits per heavy atom. The van der Waals surface area contributed by atoms with Gasteiger partial charge in [0.05, 0.1) is 12.2 Å². The number of rotatable bonds is 8. The average molecular weight is 339 g/mol. The van der Waals surface area contributed by atoms with E-state index in [0.717, 1.165) is 12.8 Å². The van der Waals surface area contributed by atoms with Crippen molar-refractivity contribution in [2.45, 2.75) is 66.6 Å². The molecule has 0 aliphatic rings. The first-order valence-corrected chi connectivity index (χ1v) is 9.63. The first kappa shape index (κ1) is 19.7. The van der Waals surface area contributed by atoms with Gasteiger partial charge in [-0.15, -0.1) is 0 Å². The van der Waals surface area contributed by atoms with E-state index in [2.05, 4.69) is 90.1 Å². The summed E-state index contributed by atoms with van der Waals surface area (Å²) in [5, 5.41) is 0. The van der Waals surface area contributed by atoms with Gasteiger partial charge in [0.2, 0.25) is 0 Å². The van der Waals surface area contributed by atoms with Gasteiger partial charge in [-0.3, -0.25) is 0 Å². The number of ether oxygens (including phenoxy) is 1. The van der Waals surface area contributed by atoms with E-state index >= 15 is 0 Å². The summed E-state index contributed by atoms with van der Waals surface area (Å²) in [4.78, 5) is 0. The zero-order chi connectivity index (χ0) is 18.4. The third kappa shape index (κ3) is 6.32. The molecule has 1 heteroatoms. The largest absolute Gasteiger partial charge is 0.366 e. The Morgan fingerprint density at radius 1 is 0.600 bits per heavy atom. The molecule has 0 aliphatic carbocycles. The van der Waals surface area contributed by atoms with E-state index in [9.17, 15) is 0 Å². The Morgan fingerprint density at radius 2 is 0.920 bits per heavy atom. The lowest BCUT2D eigenvalue weighted by molar-refractivity contribution is -0.0351. The van der Waals surface area contributed by atoms with Crippen molar-refractivity contribution < 1.29 is 4.74 Å². The summed E-state index contributed by atoms with van der Waals surface area (Å²) < 4.78 is 6.72. The van der Waals surface area contributed by atoms with E-state index in [1.807, 2.05) is 0 Å². The van der Waals surface area contributed by atoms with Gasteiger partial charge in [0, 0.05) is 0 Å². The van der Waals surface area contributed by atoms with Crippen LogP contribution in [0.5, 0.6) is 0 Å². The van der Waals surface area contributed by atoms with Gasteiger partial charge < -0.3 is 4.74 Å². The van der Waals surface area contributed by atoms with Crippen LogP contribution in [0.25, 0.3) is 0 Å². The molecule has 2 rings (SSSR count). The molecule has 2 aromatic rings. The van der Waals surface area contributed by atoms with Crippen LogP contribution in [0.3, 0.4) is 0 Å². The molecule has 25 heavy (non-hydrogen) atoms. The van der Waals surface area contributed by atoms with Crippen molar-refractivity contribution in [3.8, 4) is 0 Å². The number of hydrogen-bond donors (Lipinski definition) is 0. The maximum atomic E-state index is 6.72. The van der Waals surface area contributed by atoms with Crippen molar-refractivity contribution in [3.05, 3.63) is 70.8 Å². The number of benzene rings is 2. The lowest BCUT2D eigenvalue weighted by atomic mass is 9.95. The highest BCUT2D eigenvalue weighted by atomic mass is 16.5. The third-order valence-corrected chi connectivity index (χ3v) is 4.60. The maximum absolute atomic E-state index is 6.72. The van der Waals surface area contributed by atoms with Crippen molar-refractivity contribution in [3.63, 3.8) is 0 Å². The van der Waals surface area contributed by atoms with Gasteiger partial charge >= 0.3 is 0 Å². The van der Waals surface area contributed by atoms with E-state index < -0.39 is 0 Å². The molecule has 0 saturated carbocycles. The van der Waals surface area contributed by atoms with Gasteiger partial charge in [0.15, 0.2) is 0 Å². The molecule has 136 valence electrons. The van der Waals surface area contributed by atoms with Crippen LogP contribution < -0.4 is 0 Å². The highest BCUT2D eigenvalue weighted by Gasteiger charge is 2.22. The van der Waals surface area contributed by atoms with Crippen LogP contribution in [0, 0.1) is 25.7 Å². The first-order chi connectivity index (χ1) is 11.8. The van der Waals surface area contributed by atoms with E-state index in [0.29, 0.717) is 11.8 Å². The fourth-order valence-corrected chi connectivity index (χ4v) is 3.16. The SMILES string of the molecule is Cc1ccc(C(CC(C)C)OC(CC(C)C)c2ccc(C)cc2)cc1. The molecule has 0 heterocycles. The van der Waals surface area contributed by atoms with Gasteiger partial charge in [-0.2, -0.15) is 0 Å². The minimum atomic E-state index is 0.144. The number of aryl methyl sites for hydroxylation is 2. The van der Waals surface area contributed by atoms with Gasteiger partial charge in [-0.05, 0) is 49.7 Å². The molecular formula is C24H34O. The Bertz CT molecular complexity index is 565. The van der Waals surface area contributed by atoms with Gasteiger partial charge in [0.1, 0.15) is 0 Å². The Kier molecular flexibility index (Phi) is 7.25. The summed E-state index contributed by atoms with van der Waals surface area (Å²) in [7, 11) is 0. The summed E-state index contributed by atoms with van der Waals surface area (Å²) in [6.07, 6.45) is 2.38. The molecule has 0 aromatic heterocycles. The quantitative estimate of drug-likeness (QED) is 0.494. The Labute approximate surface area is 154 Å². The van der Waals surface area contributed by atoms with Crippen molar-refractivity contribution in [2.75, 3.05) is 0 Å². The van der Waals surface area contributed by atoms with Crippen LogP contribution in [0.4, 0.5) is 0 Å². The highest BCUT2D eigenvalue weighted by Crippen LogP contribution is 2.35. The molecule has 0 fully saturated rings. The molecular weight excluding hydrogens is 304 g/mol. The minimum Gasteiger partial charge on any atom is -0.366 e. The van der Waals surface area contributed by atoms with Crippen molar-refractivity contribution in [2.24, 2.45) is 11.8 Å². The molecule has 0 bridgehead atoms. The van der Waals surface area contributed by atoms with Crippen LogP contribution in [-0.2, 0) is 4.74 Å². The van der Waals surface area contributed by atoms with Crippen LogP contribution in [0.1, 0.15) is 75.0 Å². The minimum absolute atomic E-state index is 0.144. The zero-order valence-corrected chi connectivity index (χ0v) is 16.8. The first-order valence-electron chi connectivity index (χ1n) is 9.63. The standard InChI is InChI=1S/C24H34O/c1-17(2)15-23(21-11-7-19(5)8-12-21)25-24(16-18(3)4)22-13-9-20(6)10-14-22/h7-14,17-18,23-24H,15-16H2,1-6H3. The second kappa shape index (κ2) is 9.20. The molecule has 0 spiro atoms. The van der Waals surface area contributed by atoms with Crippen molar-refractivity contribution in [1.29, 1.82) is 0 Å². The van der Waals surface area contributed by atoms with Crippen molar-refractivity contribution in [1.82, 2.24) is 0 Å². The second-order valence-corrected chi connectivity index (χ2v) is 8.19. The maximum Gasteiger partial charge on any atom is 0.0835 e. The molecule has 0 aliphatic heterocycles. The molecule has 2 unspecified atom stereocenters. The normalized spacial score (nSPS) is 14.1. The van der Waals surface area contributed by atoms with E-state index in [4.69, 9.17) is 4.74 Å². The number of hydrogen-bond acceptors (Lipinski definition) is 1. The smallest absolute Gasteiger partial charge is 0.0835 e. The van der Waals surface area contributed by atoms with Crippen LogP contribution >= 0.6 is 0 Å². The second-order valence-electron chi connectivity index (χ2n) is 8.19. The summed E-state index contributed by atoms with van der Waals surface area (Å²) in [6.45, 7) is 13.4. The fourth-order valence-electron chi connectivity index (χ4n) is 3.16. The molecule has 2 aromatic carbocycles. The van der Waals surface area contributed by atoms with E-state index in [-0.39, 0.29) is 12.2 Å². The van der Waals surface area contributed by atoms with Crippen molar-refractivity contribution >= 4 is 0 Å². The van der Waals surface area contributed by atoms with Gasteiger partial charge in [-0.1, -0.05) is 87.4 Å². The summed E-state index contributed by atoms with van der Waals surface area (Å²) >= 11 is 0. The summed E-state index contributed by atoms with van der Waals surface area (Å²) in [6, 6.07) is 17.7. The average Bonchev–Trinajstić information content (AvgIpc) is 2.54. The van der Waals surface area contributed by atoms with Crippen LogP contribution in [0.15, 0.2) is 48.5 Å². The summed E-state index contributed by atoms with van der Waals surface area (Å²) in [5.74, 6) is 1.20. The van der Waals surface area contributed by atoms with E-state index in [1.165, 1.54) is 22.3 Å². The topological polar surface area (TPSA) is 9.23 Å². The lowest BCUT2D eigenvalue weighted by Crippen LogP contribution is -2.14. The molecule has 0 saturated heterocycles.